The third-order valence-corrected chi connectivity index (χ3v) is 2.15. The Labute approximate surface area is 94.7 Å². The summed E-state index contributed by atoms with van der Waals surface area (Å²) in [5.41, 5.74) is 0.516. The van der Waals surface area contributed by atoms with E-state index in [-0.39, 0.29) is 5.78 Å². The van der Waals surface area contributed by atoms with Gasteiger partial charge < -0.3 is 0 Å². The lowest BCUT2D eigenvalue weighted by Crippen LogP contribution is -1.94. The first-order valence-electron chi connectivity index (χ1n) is 3.77. The number of carbonyl (C=O) groups excluding carboxylic acids is 2. The van der Waals surface area contributed by atoms with Crippen LogP contribution in [0.15, 0.2) is 40.9 Å². The van der Waals surface area contributed by atoms with E-state index in [1.807, 2.05) is 0 Å². The van der Waals surface area contributed by atoms with E-state index in [2.05, 4.69) is 15.9 Å². The molecule has 1 rings (SSSR count). The van der Waals surface area contributed by atoms with Crippen molar-refractivity contribution in [3.63, 3.8) is 0 Å². The molecule has 0 amide bonds. The van der Waals surface area contributed by atoms with Gasteiger partial charge in [-0.1, -0.05) is 15.9 Å². The molecule has 0 aliphatic rings. The third kappa shape index (κ3) is 3.44. The first-order chi connectivity index (χ1) is 6.59. The maximum Gasteiger partial charge on any atom is 0.245 e. The van der Waals surface area contributed by atoms with Gasteiger partial charge >= 0.3 is 0 Å². The van der Waals surface area contributed by atoms with E-state index in [9.17, 15) is 9.59 Å². The molecule has 0 fully saturated rings. The molecule has 0 aromatic heterocycles. The predicted octanol–water partition coefficient (Wildman–Crippen LogP) is 2.95. The molecule has 0 aliphatic heterocycles. The normalized spacial score (nSPS) is 10.4. The molecule has 72 valence electrons. The van der Waals surface area contributed by atoms with Crippen LogP contribution in [0.5, 0.6) is 0 Å². The zero-order chi connectivity index (χ0) is 10.6. The average molecular weight is 274 g/mol. The summed E-state index contributed by atoms with van der Waals surface area (Å²) < 4.78 is 0.895. The Bertz CT molecular complexity index is 382. The number of rotatable bonds is 3. The van der Waals surface area contributed by atoms with Crippen LogP contribution in [0.4, 0.5) is 0 Å². The van der Waals surface area contributed by atoms with Crippen molar-refractivity contribution in [1.29, 1.82) is 0 Å². The summed E-state index contributed by atoms with van der Waals surface area (Å²) in [6.45, 7) is 0. The molecule has 0 spiro atoms. The van der Waals surface area contributed by atoms with E-state index in [1.165, 1.54) is 0 Å². The molecule has 4 heteroatoms. The Morgan fingerprint density at radius 3 is 2.21 bits per heavy atom. The van der Waals surface area contributed by atoms with Gasteiger partial charge in [0, 0.05) is 16.1 Å². The Kier molecular flexibility index (Phi) is 4.04. The van der Waals surface area contributed by atoms with Gasteiger partial charge in [-0.2, -0.15) is 0 Å². The number of ketones is 1. The molecule has 0 radical (unpaired) electrons. The predicted molar refractivity (Wildman–Crippen MR) is 58.5 cm³/mol. The van der Waals surface area contributed by atoms with E-state index >= 15 is 0 Å². The minimum atomic E-state index is -0.657. The zero-order valence-corrected chi connectivity index (χ0v) is 9.38. The second-order valence-corrected chi connectivity index (χ2v) is 3.80. The van der Waals surface area contributed by atoms with Crippen molar-refractivity contribution in [2.45, 2.75) is 0 Å². The fourth-order valence-electron chi connectivity index (χ4n) is 0.852. The summed E-state index contributed by atoms with van der Waals surface area (Å²) in [5, 5.41) is -0.657. The molecule has 0 N–H and O–H groups in total. The van der Waals surface area contributed by atoms with Crippen molar-refractivity contribution < 1.29 is 9.59 Å². The van der Waals surface area contributed by atoms with Crippen LogP contribution in [0, 0.1) is 0 Å². The van der Waals surface area contributed by atoms with Crippen LogP contribution in [0.25, 0.3) is 0 Å². The molecule has 1 aromatic carbocycles. The molecular formula is C10H6BrClO2. The van der Waals surface area contributed by atoms with Crippen molar-refractivity contribution in [3.05, 3.63) is 46.5 Å². The van der Waals surface area contributed by atoms with E-state index in [0.29, 0.717) is 5.56 Å². The first-order valence-corrected chi connectivity index (χ1v) is 4.94. The summed E-state index contributed by atoms with van der Waals surface area (Å²) in [5.74, 6) is -0.244. The molecule has 0 saturated carbocycles. The van der Waals surface area contributed by atoms with Crippen molar-refractivity contribution in [1.82, 2.24) is 0 Å². The number of benzene rings is 1. The van der Waals surface area contributed by atoms with E-state index in [4.69, 9.17) is 11.6 Å². The summed E-state index contributed by atoms with van der Waals surface area (Å²) >= 11 is 8.30. The second kappa shape index (κ2) is 5.08. The lowest BCUT2D eigenvalue weighted by atomic mass is 10.1. The van der Waals surface area contributed by atoms with Crippen molar-refractivity contribution in [2.75, 3.05) is 0 Å². The quantitative estimate of drug-likeness (QED) is 0.482. The Morgan fingerprint density at radius 2 is 1.71 bits per heavy atom. The highest BCUT2D eigenvalue weighted by atomic mass is 79.9. The standard InChI is InChI=1S/C10H6BrClO2/c11-8-3-1-7(2-4-8)9(13)5-6-10(12)14/h1-6H. The molecule has 14 heavy (non-hydrogen) atoms. The van der Waals surface area contributed by atoms with Gasteiger partial charge in [0.25, 0.3) is 0 Å². The first kappa shape index (κ1) is 11.1. The van der Waals surface area contributed by atoms with Crippen LogP contribution < -0.4 is 0 Å². The van der Waals surface area contributed by atoms with Crippen LogP contribution in [-0.2, 0) is 4.79 Å². The van der Waals surface area contributed by atoms with Crippen LogP contribution >= 0.6 is 27.5 Å². The molecule has 0 atom stereocenters. The van der Waals surface area contributed by atoms with Gasteiger partial charge in [-0.25, -0.2) is 0 Å². The fraction of sp³-hybridized carbons (Fsp3) is 0. The molecule has 0 aliphatic carbocycles. The van der Waals surface area contributed by atoms with Crippen LogP contribution in [0.1, 0.15) is 10.4 Å². The number of allylic oxidation sites excluding steroid dienone is 2. The third-order valence-electron chi connectivity index (χ3n) is 1.49. The van der Waals surface area contributed by atoms with Gasteiger partial charge in [-0.3, -0.25) is 9.59 Å². The zero-order valence-electron chi connectivity index (χ0n) is 7.04. The molecule has 0 bridgehead atoms. The summed E-state index contributed by atoms with van der Waals surface area (Å²) in [7, 11) is 0. The molecule has 2 nitrogen and oxygen atoms in total. The average Bonchev–Trinajstić information content (AvgIpc) is 2.15. The smallest absolute Gasteiger partial charge is 0.245 e. The fourth-order valence-corrected chi connectivity index (χ4v) is 1.18. The highest BCUT2D eigenvalue weighted by Gasteiger charge is 2.01. The monoisotopic (exact) mass is 272 g/mol. The van der Waals surface area contributed by atoms with Gasteiger partial charge in [0.1, 0.15) is 0 Å². The van der Waals surface area contributed by atoms with Crippen molar-refractivity contribution in [2.24, 2.45) is 0 Å². The minimum absolute atomic E-state index is 0.244. The summed E-state index contributed by atoms with van der Waals surface area (Å²) in [4.78, 5) is 21.7. The molecule has 0 saturated heterocycles. The lowest BCUT2D eigenvalue weighted by molar-refractivity contribution is -0.107. The van der Waals surface area contributed by atoms with E-state index in [0.717, 1.165) is 16.6 Å². The molecule has 0 heterocycles. The number of carbonyl (C=O) groups is 2. The Hall–Kier alpha value is -0.930. The maximum atomic E-state index is 11.3. The van der Waals surface area contributed by atoms with E-state index < -0.39 is 5.24 Å². The maximum absolute atomic E-state index is 11.3. The Morgan fingerprint density at radius 1 is 1.14 bits per heavy atom. The highest BCUT2D eigenvalue weighted by molar-refractivity contribution is 9.10. The summed E-state index contributed by atoms with van der Waals surface area (Å²) in [6, 6.07) is 6.83. The molecular weight excluding hydrogens is 267 g/mol. The number of hydrogen-bond acceptors (Lipinski definition) is 2. The summed E-state index contributed by atoms with van der Waals surface area (Å²) in [6.07, 6.45) is 2.19. The van der Waals surface area contributed by atoms with Gasteiger partial charge in [0.2, 0.25) is 5.24 Å². The molecule has 1 aromatic rings. The van der Waals surface area contributed by atoms with Gasteiger partial charge in [0.05, 0.1) is 0 Å². The number of hydrogen-bond donors (Lipinski definition) is 0. The SMILES string of the molecule is O=C(Cl)C=CC(=O)c1ccc(Br)cc1. The number of halogens is 2. The largest absolute Gasteiger partial charge is 0.289 e. The molecule has 0 unspecified atom stereocenters. The van der Waals surface area contributed by atoms with E-state index in [1.54, 1.807) is 24.3 Å². The Balaban J connectivity index is 2.80. The van der Waals surface area contributed by atoms with Gasteiger partial charge in [-0.05, 0) is 41.9 Å². The van der Waals surface area contributed by atoms with Crippen LogP contribution in [0.2, 0.25) is 0 Å². The lowest BCUT2D eigenvalue weighted by Gasteiger charge is -1.94. The van der Waals surface area contributed by atoms with Crippen LogP contribution in [0.3, 0.4) is 0 Å². The topological polar surface area (TPSA) is 34.1 Å². The highest BCUT2D eigenvalue weighted by Crippen LogP contribution is 2.11. The van der Waals surface area contributed by atoms with Gasteiger partial charge in [0.15, 0.2) is 5.78 Å². The van der Waals surface area contributed by atoms with Crippen molar-refractivity contribution in [3.8, 4) is 0 Å². The van der Waals surface area contributed by atoms with Crippen LogP contribution in [-0.4, -0.2) is 11.0 Å². The second-order valence-electron chi connectivity index (χ2n) is 2.51. The minimum Gasteiger partial charge on any atom is -0.289 e. The van der Waals surface area contributed by atoms with Gasteiger partial charge in [-0.15, -0.1) is 0 Å². The van der Waals surface area contributed by atoms with Crippen molar-refractivity contribution >= 4 is 38.6 Å².